The molecule has 132 valence electrons. The highest BCUT2D eigenvalue weighted by Crippen LogP contribution is 2.23. The lowest BCUT2D eigenvalue weighted by Crippen LogP contribution is -2.46. The number of aryl methyl sites for hydroxylation is 1. The molecule has 1 fully saturated rings. The molecule has 1 N–H and O–H groups in total. The monoisotopic (exact) mass is 340 g/mol. The molecule has 1 saturated heterocycles. The molecule has 0 aromatic carbocycles. The van der Waals surface area contributed by atoms with E-state index in [1.807, 2.05) is 11.3 Å². The van der Waals surface area contributed by atoms with E-state index in [-0.39, 0.29) is 12.0 Å². The van der Waals surface area contributed by atoms with Gasteiger partial charge in [-0.1, -0.05) is 13.8 Å². The van der Waals surface area contributed by atoms with Crippen LogP contribution in [0.15, 0.2) is 12.1 Å². The summed E-state index contributed by atoms with van der Waals surface area (Å²) < 4.78 is 5.45. The third-order valence-corrected chi connectivity index (χ3v) is 5.20. The molecule has 1 aliphatic heterocycles. The second kappa shape index (κ2) is 9.14. The van der Waals surface area contributed by atoms with Crippen molar-refractivity contribution >= 4 is 11.3 Å². The van der Waals surface area contributed by atoms with Gasteiger partial charge < -0.3 is 9.84 Å². The van der Waals surface area contributed by atoms with Gasteiger partial charge in [-0.05, 0) is 30.9 Å². The van der Waals surface area contributed by atoms with Gasteiger partial charge in [-0.3, -0.25) is 9.80 Å². The molecule has 0 saturated carbocycles. The molecular formula is C18H32N2O2S. The molecule has 0 atom stereocenters. The van der Waals surface area contributed by atoms with Crippen LogP contribution in [0.4, 0.5) is 0 Å². The fourth-order valence-corrected chi connectivity index (χ4v) is 4.25. The molecule has 0 amide bonds. The Morgan fingerprint density at radius 1 is 1.30 bits per heavy atom. The molecular weight excluding hydrogens is 308 g/mol. The zero-order valence-corrected chi connectivity index (χ0v) is 15.7. The van der Waals surface area contributed by atoms with E-state index in [1.165, 1.54) is 9.75 Å². The van der Waals surface area contributed by atoms with Crippen LogP contribution in [0.5, 0.6) is 0 Å². The van der Waals surface area contributed by atoms with Crippen molar-refractivity contribution in [3.8, 4) is 0 Å². The van der Waals surface area contributed by atoms with E-state index < -0.39 is 0 Å². The summed E-state index contributed by atoms with van der Waals surface area (Å²) in [5.74, 6) is 0. The first-order chi connectivity index (χ1) is 11.0. The Morgan fingerprint density at radius 2 is 2.04 bits per heavy atom. The van der Waals surface area contributed by atoms with E-state index in [2.05, 4.69) is 42.7 Å². The predicted octanol–water partition coefficient (Wildman–Crippen LogP) is 2.60. The van der Waals surface area contributed by atoms with Crippen LogP contribution in [-0.4, -0.2) is 67.5 Å². The van der Waals surface area contributed by atoms with Gasteiger partial charge in [0.15, 0.2) is 0 Å². The number of rotatable bonds is 9. The average molecular weight is 341 g/mol. The number of hydrogen-bond donors (Lipinski definition) is 1. The smallest absolute Gasteiger partial charge is 0.0594 e. The third kappa shape index (κ3) is 6.89. The standard InChI is InChI=1S/C18H32N2O2S/c1-16-5-6-17(23-16)13-20(7-4-10-21)15-18(2,3)14-19-8-11-22-12-9-19/h5-6,21H,4,7-15H2,1-3H3. The summed E-state index contributed by atoms with van der Waals surface area (Å²) >= 11 is 1.88. The van der Waals surface area contributed by atoms with Gasteiger partial charge in [-0.15, -0.1) is 11.3 Å². The summed E-state index contributed by atoms with van der Waals surface area (Å²) in [6.07, 6.45) is 0.845. The number of aliphatic hydroxyl groups excluding tert-OH is 1. The summed E-state index contributed by atoms with van der Waals surface area (Å²) in [5.41, 5.74) is 0.235. The average Bonchev–Trinajstić information content (AvgIpc) is 2.90. The molecule has 1 aromatic rings. The van der Waals surface area contributed by atoms with Crippen LogP contribution in [0.25, 0.3) is 0 Å². The molecule has 23 heavy (non-hydrogen) atoms. The van der Waals surface area contributed by atoms with Crippen LogP contribution >= 0.6 is 11.3 Å². The molecule has 2 rings (SSSR count). The largest absolute Gasteiger partial charge is 0.396 e. The second-order valence-corrected chi connectivity index (χ2v) is 8.73. The molecule has 0 radical (unpaired) electrons. The van der Waals surface area contributed by atoms with Gasteiger partial charge >= 0.3 is 0 Å². The lowest BCUT2D eigenvalue weighted by molar-refractivity contribution is 0.0142. The van der Waals surface area contributed by atoms with E-state index in [4.69, 9.17) is 4.74 Å². The van der Waals surface area contributed by atoms with Gasteiger partial charge in [0.2, 0.25) is 0 Å². The lowest BCUT2D eigenvalue weighted by Gasteiger charge is -2.38. The Hall–Kier alpha value is -0.460. The Bertz CT molecular complexity index is 456. The SMILES string of the molecule is Cc1ccc(CN(CCCO)CC(C)(C)CN2CCOCC2)s1. The molecule has 2 heterocycles. The predicted molar refractivity (Wildman–Crippen MR) is 97.1 cm³/mol. The molecule has 0 spiro atoms. The van der Waals surface area contributed by atoms with Gasteiger partial charge in [0.25, 0.3) is 0 Å². The van der Waals surface area contributed by atoms with Crippen molar-refractivity contribution in [2.75, 3.05) is 52.5 Å². The number of hydrogen-bond acceptors (Lipinski definition) is 5. The van der Waals surface area contributed by atoms with E-state index in [9.17, 15) is 5.11 Å². The Morgan fingerprint density at radius 3 is 2.65 bits per heavy atom. The number of nitrogens with zero attached hydrogens (tertiary/aromatic N) is 2. The van der Waals surface area contributed by atoms with Crippen LogP contribution < -0.4 is 0 Å². The highest BCUT2D eigenvalue weighted by atomic mass is 32.1. The van der Waals surface area contributed by atoms with Crippen molar-refractivity contribution in [1.29, 1.82) is 0 Å². The molecule has 1 aliphatic rings. The Balaban J connectivity index is 1.91. The quantitative estimate of drug-likeness (QED) is 0.750. The van der Waals surface area contributed by atoms with Crippen molar-refractivity contribution in [3.05, 3.63) is 21.9 Å². The number of ether oxygens (including phenoxy) is 1. The topological polar surface area (TPSA) is 35.9 Å². The molecule has 0 bridgehead atoms. The number of morpholine rings is 1. The summed E-state index contributed by atoms with van der Waals surface area (Å²) in [4.78, 5) is 7.81. The van der Waals surface area contributed by atoms with E-state index in [0.29, 0.717) is 0 Å². The van der Waals surface area contributed by atoms with E-state index >= 15 is 0 Å². The maximum Gasteiger partial charge on any atom is 0.0594 e. The van der Waals surface area contributed by atoms with Gasteiger partial charge in [0.05, 0.1) is 13.2 Å². The zero-order chi connectivity index (χ0) is 16.7. The van der Waals surface area contributed by atoms with Gasteiger partial charge in [0, 0.05) is 55.6 Å². The minimum atomic E-state index is 0.235. The number of thiophene rings is 1. The van der Waals surface area contributed by atoms with Crippen LogP contribution in [0, 0.1) is 12.3 Å². The van der Waals surface area contributed by atoms with Crippen molar-refractivity contribution in [2.24, 2.45) is 5.41 Å². The maximum atomic E-state index is 9.20. The van der Waals surface area contributed by atoms with Crippen LogP contribution in [0.3, 0.4) is 0 Å². The Kier molecular flexibility index (Phi) is 7.50. The minimum absolute atomic E-state index is 0.235. The highest BCUT2D eigenvalue weighted by Gasteiger charge is 2.26. The Labute approximate surface area is 145 Å². The fraction of sp³-hybridized carbons (Fsp3) is 0.778. The minimum Gasteiger partial charge on any atom is -0.396 e. The van der Waals surface area contributed by atoms with E-state index in [0.717, 1.165) is 58.9 Å². The van der Waals surface area contributed by atoms with Crippen LogP contribution in [-0.2, 0) is 11.3 Å². The summed E-state index contributed by atoms with van der Waals surface area (Å²) in [5, 5.41) is 9.20. The molecule has 0 aliphatic carbocycles. The van der Waals surface area contributed by atoms with Crippen molar-refractivity contribution in [1.82, 2.24) is 9.80 Å². The first kappa shape index (κ1) is 18.9. The second-order valence-electron chi connectivity index (χ2n) is 7.35. The third-order valence-electron chi connectivity index (χ3n) is 4.21. The van der Waals surface area contributed by atoms with E-state index in [1.54, 1.807) is 0 Å². The summed E-state index contributed by atoms with van der Waals surface area (Å²) in [7, 11) is 0. The van der Waals surface area contributed by atoms with Crippen molar-refractivity contribution in [3.63, 3.8) is 0 Å². The maximum absolute atomic E-state index is 9.20. The van der Waals surface area contributed by atoms with Crippen LogP contribution in [0.2, 0.25) is 0 Å². The molecule has 5 heteroatoms. The number of aliphatic hydroxyl groups is 1. The molecule has 0 unspecified atom stereocenters. The van der Waals surface area contributed by atoms with Gasteiger partial charge in [-0.25, -0.2) is 0 Å². The lowest BCUT2D eigenvalue weighted by atomic mass is 9.91. The van der Waals surface area contributed by atoms with Gasteiger partial charge in [-0.2, -0.15) is 0 Å². The first-order valence-corrected chi connectivity index (χ1v) is 9.49. The fourth-order valence-electron chi connectivity index (χ4n) is 3.32. The summed E-state index contributed by atoms with van der Waals surface area (Å²) in [6.45, 7) is 15.1. The van der Waals surface area contributed by atoms with Crippen LogP contribution in [0.1, 0.15) is 30.0 Å². The molecule has 4 nitrogen and oxygen atoms in total. The zero-order valence-electron chi connectivity index (χ0n) is 14.9. The normalized spacial score (nSPS) is 17.1. The summed E-state index contributed by atoms with van der Waals surface area (Å²) in [6, 6.07) is 4.43. The molecule has 1 aromatic heterocycles. The highest BCUT2D eigenvalue weighted by molar-refractivity contribution is 7.11. The van der Waals surface area contributed by atoms with Crippen molar-refractivity contribution in [2.45, 2.75) is 33.7 Å². The van der Waals surface area contributed by atoms with Crippen molar-refractivity contribution < 1.29 is 9.84 Å². The first-order valence-electron chi connectivity index (χ1n) is 8.67. The van der Waals surface area contributed by atoms with Gasteiger partial charge in [0.1, 0.15) is 0 Å².